The van der Waals surface area contributed by atoms with Crippen molar-refractivity contribution in [2.24, 2.45) is 4.99 Å². The third-order valence-corrected chi connectivity index (χ3v) is 10.5. The van der Waals surface area contributed by atoms with Gasteiger partial charge < -0.3 is 5.11 Å². The first-order valence-electron chi connectivity index (χ1n) is 17.3. The Labute approximate surface area is 300 Å². The molecular weight excluding hydrogens is 629 g/mol. The predicted molar refractivity (Wildman–Crippen MR) is 216 cm³/mol. The molecule has 0 aliphatic rings. The highest BCUT2D eigenvalue weighted by molar-refractivity contribution is 7.21. The number of rotatable bonds is 5. The number of fused-ring (bicyclic) bond motifs is 2. The highest BCUT2D eigenvalue weighted by Gasteiger charge is 2.22. The lowest BCUT2D eigenvalue weighted by molar-refractivity contribution is 0.473. The van der Waals surface area contributed by atoms with Crippen molar-refractivity contribution in [2.75, 3.05) is 0 Å². The van der Waals surface area contributed by atoms with Gasteiger partial charge in [-0.15, -0.1) is 11.3 Å². The Morgan fingerprint density at radius 1 is 0.640 bits per heavy atom. The molecule has 0 amide bonds. The lowest BCUT2D eigenvalue weighted by Gasteiger charge is -2.20. The lowest BCUT2D eigenvalue weighted by atomic mass is 9.85. The summed E-state index contributed by atoms with van der Waals surface area (Å²) in [5, 5.41) is 13.9. The maximum absolute atomic E-state index is 10.8. The summed E-state index contributed by atoms with van der Waals surface area (Å²) >= 11 is 1.71. The van der Waals surface area contributed by atoms with Crippen LogP contribution in [0.5, 0.6) is 5.75 Å². The SMILES string of the molecule is Cc1cc(C)cc(-c2cccc(-c3cc(C(C)(C)C)cc4sc(-c5ccc6ccccc6c5N=Cc5cc(C(C)(C)C)ccc5O)nc34)c2)c1. The average Bonchev–Trinajstić information content (AvgIpc) is 3.50. The fourth-order valence-electron chi connectivity index (χ4n) is 6.63. The van der Waals surface area contributed by atoms with Gasteiger partial charge in [-0.2, -0.15) is 0 Å². The van der Waals surface area contributed by atoms with Crippen molar-refractivity contribution < 1.29 is 5.11 Å². The number of hydrogen-bond acceptors (Lipinski definition) is 4. The van der Waals surface area contributed by atoms with Crippen molar-refractivity contribution in [1.29, 1.82) is 0 Å². The number of nitrogens with zero attached hydrogens (tertiary/aromatic N) is 2. The van der Waals surface area contributed by atoms with Gasteiger partial charge in [0.25, 0.3) is 0 Å². The summed E-state index contributed by atoms with van der Waals surface area (Å²) in [5.74, 6) is 0.214. The molecule has 0 atom stereocenters. The number of aromatic nitrogens is 1. The smallest absolute Gasteiger partial charge is 0.126 e. The molecule has 1 heterocycles. The van der Waals surface area contributed by atoms with Gasteiger partial charge in [-0.25, -0.2) is 4.98 Å². The Balaban J connectivity index is 1.42. The summed E-state index contributed by atoms with van der Waals surface area (Å²) in [6.45, 7) is 17.7. The monoisotopic (exact) mass is 672 g/mol. The largest absolute Gasteiger partial charge is 0.507 e. The van der Waals surface area contributed by atoms with E-state index in [1.165, 1.54) is 27.8 Å². The fraction of sp³-hybridized carbons (Fsp3) is 0.217. The van der Waals surface area contributed by atoms with Crippen molar-refractivity contribution in [3.8, 4) is 38.6 Å². The first-order valence-corrected chi connectivity index (χ1v) is 18.1. The average molecular weight is 673 g/mol. The number of phenolic OH excluding ortho intramolecular Hbond substituents is 1. The number of aryl methyl sites for hydroxylation is 2. The lowest BCUT2D eigenvalue weighted by Crippen LogP contribution is -2.11. The summed E-state index contributed by atoms with van der Waals surface area (Å²) in [7, 11) is 0. The van der Waals surface area contributed by atoms with Crippen molar-refractivity contribution in [2.45, 2.75) is 66.2 Å². The molecule has 0 radical (unpaired) electrons. The highest BCUT2D eigenvalue weighted by Crippen LogP contribution is 2.44. The van der Waals surface area contributed by atoms with Crippen LogP contribution in [0.3, 0.4) is 0 Å². The summed E-state index contributed by atoms with van der Waals surface area (Å²) in [4.78, 5) is 10.5. The second kappa shape index (κ2) is 12.7. The number of aromatic hydroxyl groups is 1. The standard InChI is InChI=1S/C46H44N2OS/c1-28-20-29(2)22-33(21-28)31-13-11-14-32(23-31)39-25-36(46(6,7)8)26-41-43(39)48-44(50-41)38-18-16-30-12-9-10-15-37(30)42(38)47-27-34-24-35(45(3,4)5)17-19-40(34)49/h9-27,49H,1-8H3. The minimum atomic E-state index is -0.0516. The Morgan fingerprint density at radius 3 is 2.10 bits per heavy atom. The van der Waals surface area contributed by atoms with E-state index >= 15 is 0 Å². The molecule has 0 fully saturated rings. The molecule has 0 unspecified atom stereocenters. The van der Waals surface area contributed by atoms with E-state index < -0.39 is 0 Å². The van der Waals surface area contributed by atoms with E-state index in [2.05, 4.69) is 146 Å². The zero-order valence-corrected chi connectivity index (χ0v) is 31.0. The summed E-state index contributed by atoms with van der Waals surface area (Å²) in [6, 6.07) is 38.7. The van der Waals surface area contributed by atoms with Gasteiger partial charge in [-0.3, -0.25) is 4.99 Å². The van der Waals surface area contributed by atoms with Crippen LogP contribution < -0.4 is 0 Å². The van der Waals surface area contributed by atoms with Crippen LogP contribution in [0.15, 0.2) is 114 Å². The van der Waals surface area contributed by atoms with Gasteiger partial charge in [0.1, 0.15) is 10.8 Å². The Bertz CT molecular complexity index is 2410. The van der Waals surface area contributed by atoms with Crippen LogP contribution in [0.4, 0.5) is 5.69 Å². The molecule has 0 saturated carbocycles. The normalized spacial score (nSPS) is 12.4. The van der Waals surface area contributed by atoms with Gasteiger partial charge >= 0.3 is 0 Å². The van der Waals surface area contributed by atoms with E-state index in [1.54, 1.807) is 23.6 Å². The maximum atomic E-state index is 10.8. The predicted octanol–water partition coefficient (Wildman–Crippen LogP) is 13.1. The minimum Gasteiger partial charge on any atom is -0.507 e. The summed E-state index contributed by atoms with van der Waals surface area (Å²) in [5.41, 5.74) is 13.1. The zero-order chi connectivity index (χ0) is 35.4. The van der Waals surface area contributed by atoms with Gasteiger partial charge in [0, 0.05) is 28.3 Å². The topological polar surface area (TPSA) is 45.5 Å². The molecule has 6 aromatic carbocycles. The van der Waals surface area contributed by atoms with Gasteiger partial charge in [0.15, 0.2) is 0 Å². The summed E-state index contributed by atoms with van der Waals surface area (Å²) in [6.07, 6.45) is 1.80. The van der Waals surface area contributed by atoms with Gasteiger partial charge in [-0.05, 0) is 94.3 Å². The van der Waals surface area contributed by atoms with E-state index in [-0.39, 0.29) is 16.6 Å². The molecule has 3 nitrogen and oxygen atoms in total. The molecule has 4 heteroatoms. The van der Waals surface area contributed by atoms with Crippen molar-refractivity contribution in [3.63, 3.8) is 0 Å². The van der Waals surface area contributed by atoms with E-state index in [0.717, 1.165) is 53.9 Å². The van der Waals surface area contributed by atoms with Crippen LogP contribution in [0.1, 0.15) is 69.4 Å². The molecule has 0 bridgehead atoms. The molecule has 50 heavy (non-hydrogen) atoms. The van der Waals surface area contributed by atoms with Crippen molar-refractivity contribution in [3.05, 3.63) is 137 Å². The van der Waals surface area contributed by atoms with Gasteiger partial charge in [0.05, 0.1) is 15.9 Å². The zero-order valence-electron chi connectivity index (χ0n) is 30.2. The van der Waals surface area contributed by atoms with Gasteiger partial charge in [0.2, 0.25) is 0 Å². The Hall–Kier alpha value is -5.06. The second-order valence-electron chi connectivity index (χ2n) is 15.6. The van der Waals surface area contributed by atoms with E-state index in [9.17, 15) is 5.11 Å². The van der Waals surface area contributed by atoms with Crippen LogP contribution in [0.25, 0.3) is 53.8 Å². The fourth-order valence-corrected chi connectivity index (χ4v) is 7.69. The third-order valence-electron chi connectivity index (χ3n) is 9.45. The molecule has 1 aromatic heterocycles. The van der Waals surface area contributed by atoms with Crippen LogP contribution >= 0.6 is 11.3 Å². The molecular formula is C46H44N2OS. The number of hydrogen-bond donors (Lipinski definition) is 1. The molecule has 1 N–H and O–H groups in total. The first-order chi connectivity index (χ1) is 23.7. The Kier molecular flexibility index (Phi) is 8.48. The molecule has 0 aliphatic carbocycles. The molecule has 0 saturated heterocycles. The molecule has 7 aromatic rings. The third kappa shape index (κ3) is 6.60. The van der Waals surface area contributed by atoms with E-state index in [0.29, 0.717) is 5.56 Å². The quantitative estimate of drug-likeness (QED) is 0.185. The molecule has 0 spiro atoms. The number of thiazole rings is 1. The molecule has 250 valence electrons. The van der Waals surface area contributed by atoms with Crippen molar-refractivity contribution >= 4 is 44.2 Å². The van der Waals surface area contributed by atoms with Crippen LogP contribution in [-0.2, 0) is 10.8 Å². The second-order valence-corrected chi connectivity index (χ2v) is 16.6. The summed E-state index contributed by atoms with van der Waals surface area (Å²) < 4.78 is 1.15. The molecule has 7 rings (SSSR count). The number of benzene rings is 6. The highest BCUT2D eigenvalue weighted by atomic mass is 32.1. The number of aliphatic imine (C=N–C) groups is 1. The molecule has 0 aliphatic heterocycles. The van der Waals surface area contributed by atoms with E-state index in [4.69, 9.17) is 9.98 Å². The minimum absolute atomic E-state index is 0.0413. The van der Waals surface area contributed by atoms with Crippen molar-refractivity contribution in [1.82, 2.24) is 4.98 Å². The van der Waals surface area contributed by atoms with Gasteiger partial charge in [-0.1, -0.05) is 125 Å². The number of phenols is 1. The maximum Gasteiger partial charge on any atom is 0.126 e. The van der Waals surface area contributed by atoms with Crippen LogP contribution in [-0.4, -0.2) is 16.3 Å². The van der Waals surface area contributed by atoms with Crippen LogP contribution in [0.2, 0.25) is 0 Å². The first kappa shape index (κ1) is 33.4. The van der Waals surface area contributed by atoms with E-state index in [1.807, 2.05) is 12.1 Å². The van der Waals surface area contributed by atoms with Crippen LogP contribution in [0, 0.1) is 13.8 Å². The Morgan fingerprint density at radius 2 is 1.36 bits per heavy atom.